The van der Waals surface area contributed by atoms with Gasteiger partial charge in [-0.05, 0) is 19.3 Å². The first-order valence-electron chi connectivity index (χ1n) is 4.89. The molecule has 0 aliphatic rings. The molecule has 1 amide bonds. The SMILES string of the molecule is CCCN(CC)C(=O)CC(C)C. The van der Waals surface area contributed by atoms with Gasteiger partial charge in [0.1, 0.15) is 0 Å². The van der Waals surface area contributed by atoms with Gasteiger partial charge < -0.3 is 4.90 Å². The Morgan fingerprint density at radius 3 is 2.25 bits per heavy atom. The number of carbonyl (C=O) groups excluding carboxylic acids is 1. The topological polar surface area (TPSA) is 20.3 Å². The highest BCUT2D eigenvalue weighted by molar-refractivity contribution is 5.76. The summed E-state index contributed by atoms with van der Waals surface area (Å²) in [5, 5.41) is 0. The fourth-order valence-corrected chi connectivity index (χ4v) is 1.21. The van der Waals surface area contributed by atoms with Gasteiger partial charge in [0.2, 0.25) is 5.91 Å². The number of hydrogen-bond acceptors (Lipinski definition) is 1. The predicted octanol–water partition coefficient (Wildman–Crippen LogP) is 2.29. The van der Waals surface area contributed by atoms with Crippen molar-refractivity contribution in [3.8, 4) is 0 Å². The lowest BCUT2D eigenvalue weighted by molar-refractivity contribution is -0.131. The summed E-state index contributed by atoms with van der Waals surface area (Å²) in [5.74, 6) is 0.776. The van der Waals surface area contributed by atoms with Gasteiger partial charge in [-0.1, -0.05) is 20.8 Å². The van der Waals surface area contributed by atoms with Crippen molar-refractivity contribution in [2.75, 3.05) is 13.1 Å². The third-order valence-corrected chi connectivity index (χ3v) is 1.81. The molecule has 2 heteroatoms. The third-order valence-electron chi connectivity index (χ3n) is 1.81. The van der Waals surface area contributed by atoms with E-state index in [0.717, 1.165) is 19.5 Å². The van der Waals surface area contributed by atoms with Crippen molar-refractivity contribution < 1.29 is 4.79 Å². The lowest BCUT2D eigenvalue weighted by Crippen LogP contribution is -2.32. The molecule has 0 aromatic heterocycles. The first-order valence-corrected chi connectivity index (χ1v) is 4.89. The second-order valence-electron chi connectivity index (χ2n) is 3.57. The molecule has 0 saturated heterocycles. The van der Waals surface area contributed by atoms with Crippen LogP contribution in [0.25, 0.3) is 0 Å². The Balaban J connectivity index is 3.85. The molecule has 0 saturated carbocycles. The summed E-state index contributed by atoms with van der Waals surface area (Å²) < 4.78 is 0. The normalized spacial score (nSPS) is 10.4. The van der Waals surface area contributed by atoms with Gasteiger partial charge in [-0.3, -0.25) is 4.79 Å². The van der Waals surface area contributed by atoms with E-state index in [1.54, 1.807) is 0 Å². The van der Waals surface area contributed by atoms with Gasteiger partial charge >= 0.3 is 0 Å². The average Bonchev–Trinajstić information content (AvgIpc) is 1.98. The van der Waals surface area contributed by atoms with Crippen molar-refractivity contribution in [2.24, 2.45) is 5.92 Å². The third kappa shape index (κ3) is 4.37. The van der Waals surface area contributed by atoms with Crippen LogP contribution in [0.5, 0.6) is 0 Å². The number of amides is 1. The summed E-state index contributed by atoms with van der Waals surface area (Å²) in [6, 6.07) is 0. The van der Waals surface area contributed by atoms with E-state index < -0.39 is 0 Å². The second-order valence-corrected chi connectivity index (χ2v) is 3.57. The van der Waals surface area contributed by atoms with Crippen LogP contribution in [0.1, 0.15) is 40.5 Å². The van der Waals surface area contributed by atoms with E-state index in [-0.39, 0.29) is 0 Å². The molecule has 2 nitrogen and oxygen atoms in total. The van der Waals surface area contributed by atoms with E-state index >= 15 is 0 Å². The smallest absolute Gasteiger partial charge is 0.222 e. The van der Waals surface area contributed by atoms with E-state index in [4.69, 9.17) is 0 Å². The van der Waals surface area contributed by atoms with Crippen LogP contribution in [0.15, 0.2) is 0 Å². The van der Waals surface area contributed by atoms with Crippen molar-refractivity contribution in [3.05, 3.63) is 0 Å². The lowest BCUT2D eigenvalue weighted by Gasteiger charge is -2.20. The minimum atomic E-state index is 0.300. The van der Waals surface area contributed by atoms with Gasteiger partial charge in [0.15, 0.2) is 0 Å². The highest BCUT2D eigenvalue weighted by Crippen LogP contribution is 2.04. The molecule has 0 aromatic rings. The van der Waals surface area contributed by atoms with Gasteiger partial charge in [0.05, 0.1) is 0 Å². The second kappa shape index (κ2) is 6.04. The van der Waals surface area contributed by atoms with Crippen molar-refractivity contribution in [2.45, 2.75) is 40.5 Å². The fourth-order valence-electron chi connectivity index (χ4n) is 1.21. The Bertz CT molecular complexity index is 132. The Kier molecular flexibility index (Phi) is 5.77. The summed E-state index contributed by atoms with van der Waals surface area (Å²) in [4.78, 5) is 13.4. The molecule has 0 unspecified atom stereocenters. The molecule has 0 radical (unpaired) electrons. The number of rotatable bonds is 5. The van der Waals surface area contributed by atoms with Crippen molar-refractivity contribution in [3.63, 3.8) is 0 Å². The number of hydrogen-bond donors (Lipinski definition) is 0. The Labute approximate surface area is 75.9 Å². The maximum Gasteiger partial charge on any atom is 0.222 e. The van der Waals surface area contributed by atoms with Crippen molar-refractivity contribution in [1.29, 1.82) is 0 Å². The van der Waals surface area contributed by atoms with Gasteiger partial charge in [0, 0.05) is 19.5 Å². The summed E-state index contributed by atoms with van der Waals surface area (Å²) >= 11 is 0. The molecule has 0 aliphatic heterocycles. The minimum absolute atomic E-state index is 0.300. The maximum atomic E-state index is 11.5. The largest absolute Gasteiger partial charge is 0.343 e. The number of nitrogens with zero attached hydrogens (tertiary/aromatic N) is 1. The van der Waals surface area contributed by atoms with E-state index in [9.17, 15) is 4.79 Å². The van der Waals surface area contributed by atoms with E-state index in [1.165, 1.54) is 0 Å². The molecule has 0 aromatic carbocycles. The molecule has 0 aliphatic carbocycles. The molecule has 0 bridgehead atoms. The van der Waals surface area contributed by atoms with Gasteiger partial charge in [-0.15, -0.1) is 0 Å². The molecule has 72 valence electrons. The maximum absolute atomic E-state index is 11.5. The summed E-state index contributed by atoms with van der Waals surface area (Å²) in [6.07, 6.45) is 1.74. The van der Waals surface area contributed by atoms with Crippen LogP contribution in [0, 0.1) is 5.92 Å². The summed E-state index contributed by atoms with van der Waals surface area (Å²) in [5.41, 5.74) is 0. The van der Waals surface area contributed by atoms with Crippen LogP contribution in [0.3, 0.4) is 0 Å². The van der Waals surface area contributed by atoms with Crippen LogP contribution in [-0.2, 0) is 4.79 Å². The Morgan fingerprint density at radius 2 is 1.92 bits per heavy atom. The van der Waals surface area contributed by atoms with Crippen LogP contribution in [0.2, 0.25) is 0 Å². The van der Waals surface area contributed by atoms with Gasteiger partial charge in [-0.2, -0.15) is 0 Å². The van der Waals surface area contributed by atoms with E-state index in [0.29, 0.717) is 18.2 Å². The standard InChI is InChI=1S/C10H21NO/c1-5-7-11(6-2)10(12)8-9(3)4/h9H,5-8H2,1-4H3. The van der Waals surface area contributed by atoms with E-state index in [1.807, 2.05) is 11.8 Å². The monoisotopic (exact) mass is 171 g/mol. The molecule has 0 atom stereocenters. The average molecular weight is 171 g/mol. The fraction of sp³-hybridized carbons (Fsp3) is 0.900. The van der Waals surface area contributed by atoms with Crippen molar-refractivity contribution in [1.82, 2.24) is 4.90 Å². The molecular formula is C10H21NO. The van der Waals surface area contributed by atoms with Crippen LogP contribution in [0.4, 0.5) is 0 Å². The first-order chi connectivity index (χ1) is 5.61. The Morgan fingerprint density at radius 1 is 1.33 bits per heavy atom. The Hall–Kier alpha value is -0.530. The van der Waals surface area contributed by atoms with E-state index in [2.05, 4.69) is 20.8 Å². The zero-order valence-corrected chi connectivity index (χ0v) is 8.76. The molecule has 12 heavy (non-hydrogen) atoms. The highest BCUT2D eigenvalue weighted by atomic mass is 16.2. The molecule has 0 spiro atoms. The first kappa shape index (κ1) is 11.5. The predicted molar refractivity (Wildman–Crippen MR) is 52.0 cm³/mol. The minimum Gasteiger partial charge on any atom is -0.343 e. The molecule has 0 rings (SSSR count). The zero-order valence-electron chi connectivity index (χ0n) is 8.76. The zero-order chi connectivity index (χ0) is 9.56. The summed E-state index contributed by atoms with van der Waals surface area (Å²) in [7, 11) is 0. The van der Waals surface area contributed by atoms with Crippen LogP contribution in [-0.4, -0.2) is 23.9 Å². The van der Waals surface area contributed by atoms with Gasteiger partial charge in [0.25, 0.3) is 0 Å². The quantitative estimate of drug-likeness (QED) is 0.621. The van der Waals surface area contributed by atoms with Crippen LogP contribution < -0.4 is 0 Å². The molecule has 0 heterocycles. The number of carbonyl (C=O) groups is 1. The highest BCUT2D eigenvalue weighted by Gasteiger charge is 2.11. The molecule has 0 N–H and O–H groups in total. The van der Waals surface area contributed by atoms with Gasteiger partial charge in [-0.25, -0.2) is 0 Å². The summed E-state index contributed by atoms with van der Waals surface area (Å²) in [6.45, 7) is 10.1. The van der Waals surface area contributed by atoms with Crippen LogP contribution >= 0.6 is 0 Å². The lowest BCUT2D eigenvalue weighted by atomic mass is 10.1. The molecule has 0 fully saturated rings. The van der Waals surface area contributed by atoms with Crippen molar-refractivity contribution >= 4 is 5.91 Å². The molecular weight excluding hydrogens is 150 g/mol.